The summed E-state index contributed by atoms with van der Waals surface area (Å²) in [5.74, 6) is -0.839. The van der Waals surface area contributed by atoms with Crippen molar-refractivity contribution in [3.63, 3.8) is 0 Å². The molecule has 0 rings (SSSR count). The second kappa shape index (κ2) is 40.2. The van der Waals surface area contributed by atoms with E-state index in [-0.39, 0.29) is 38.6 Å². The zero-order valence-electron chi connectivity index (χ0n) is 34.3. The maximum absolute atomic E-state index is 12.6. The van der Waals surface area contributed by atoms with Crippen molar-refractivity contribution in [3.8, 4) is 0 Å². The van der Waals surface area contributed by atoms with Gasteiger partial charge in [0.2, 0.25) is 0 Å². The first kappa shape index (κ1) is 51.5. The third-order valence-electron chi connectivity index (χ3n) is 9.31. The maximum Gasteiger partial charge on any atom is 0.472 e. The van der Waals surface area contributed by atoms with Crippen LogP contribution >= 0.6 is 7.82 Å². The molecule has 0 fully saturated rings. The molecule has 3 N–H and O–H groups in total. The van der Waals surface area contributed by atoms with Crippen LogP contribution in [0.3, 0.4) is 0 Å². The highest BCUT2D eigenvalue weighted by molar-refractivity contribution is 7.47. The van der Waals surface area contributed by atoms with Crippen molar-refractivity contribution in [2.24, 2.45) is 5.73 Å². The van der Waals surface area contributed by atoms with E-state index in [1.54, 1.807) is 0 Å². The topological polar surface area (TPSA) is 134 Å². The van der Waals surface area contributed by atoms with E-state index in [1.165, 1.54) is 109 Å². The Hall–Kier alpha value is -1.51. The Morgan fingerprint density at radius 1 is 0.547 bits per heavy atom. The molecule has 0 aromatic rings. The number of phosphoric ester groups is 1. The molecule has 0 radical (unpaired) electrons. The van der Waals surface area contributed by atoms with Crippen LogP contribution in [0, 0.1) is 0 Å². The first-order valence-electron chi connectivity index (χ1n) is 21.8. The number of hydrogen-bond acceptors (Lipinski definition) is 8. The fraction of sp³-hybridized carbons (Fsp3) is 0.860. The van der Waals surface area contributed by atoms with Crippen molar-refractivity contribution in [3.05, 3.63) is 24.3 Å². The van der Waals surface area contributed by atoms with Crippen LogP contribution in [0.15, 0.2) is 24.3 Å². The summed E-state index contributed by atoms with van der Waals surface area (Å²) in [5.41, 5.74) is 5.34. The molecule has 0 amide bonds. The van der Waals surface area contributed by atoms with Crippen LogP contribution in [0.25, 0.3) is 0 Å². The lowest BCUT2D eigenvalue weighted by molar-refractivity contribution is -0.161. The molecule has 53 heavy (non-hydrogen) atoms. The Kier molecular flexibility index (Phi) is 39.0. The van der Waals surface area contributed by atoms with Crippen LogP contribution in [-0.2, 0) is 32.7 Å². The molecular weight excluding hydrogens is 689 g/mol. The van der Waals surface area contributed by atoms with Crippen LogP contribution in [0.2, 0.25) is 0 Å². The van der Waals surface area contributed by atoms with Gasteiger partial charge in [0, 0.05) is 19.4 Å². The standard InChI is InChI=1S/C43H82NO8P/c1-3-5-7-9-11-13-15-17-19-20-21-22-24-26-28-30-32-34-36-43(46)52-41(40-51-53(47,48)50-38-37-44)39-49-42(45)35-33-31-29-27-25-23-18-16-14-12-10-8-6-4-2/h16,18-20,41H,3-15,17,21-40,44H2,1-2H3,(H,47,48)/b18-16-,20-19-. The summed E-state index contributed by atoms with van der Waals surface area (Å²) < 4.78 is 32.8. The van der Waals surface area contributed by atoms with E-state index in [9.17, 15) is 19.0 Å². The number of esters is 2. The number of ether oxygens (including phenoxy) is 2. The van der Waals surface area contributed by atoms with Crippen molar-refractivity contribution in [1.82, 2.24) is 0 Å². The van der Waals surface area contributed by atoms with Crippen molar-refractivity contribution < 1.29 is 37.6 Å². The molecule has 0 aliphatic rings. The van der Waals surface area contributed by atoms with Gasteiger partial charge in [-0.25, -0.2) is 4.57 Å². The Morgan fingerprint density at radius 3 is 1.34 bits per heavy atom. The van der Waals surface area contributed by atoms with E-state index in [2.05, 4.69) is 38.2 Å². The largest absolute Gasteiger partial charge is 0.472 e. The minimum Gasteiger partial charge on any atom is -0.462 e. The van der Waals surface area contributed by atoms with Gasteiger partial charge < -0.3 is 20.1 Å². The second-order valence-corrected chi connectivity index (χ2v) is 16.0. The number of hydrogen-bond donors (Lipinski definition) is 2. The first-order valence-corrected chi connectivity index (χ1v) is 23.3. The van der Waals surface area contributed by atoms with Crippen molar-refractivity contribution >= 4 is 19.8 Å². The highest BCUT2D eigenvalue weighted by Crippen LogP contribution is 2.43. The number of carbonyl (C=O) groups is 2. The highest BCUT2D eigenvalue weighted by Gasteiger charge is 2.26. The third-order valence-corrected chi connectivity index (χ3v) is 10.3. The van der Waals surface area contributed by atoms with Gasteiger partial charge in [-0.05, 0) is 64.2 Å². The molecule has 312 valence electrons. The minimum atomic E-state index is -4.38. The highest BCUT2D eigenvalue weighted by atomic mass is 31.2. The summed E-state index contributed by atoms with van der Waals surface area (Å²) in [5, 5.41) is 0. The summed E-state index contributed by atoms with van der Waals surface area (Å²) >= 11 is 0. The Labute approximate surface area is 325 Å². The average Bonchev–Trinajstić information content (AvgIpc) is 3.14. The van der Waals surface area contributed by atoms with Crippen LogP contribution in [-0.4, -0.2) is 49.3 Å². The third kappa shape index (κ3) is 40.0. The number of rotatable bonds is 41. The van der Waals surface area contributed by atoms with Gasteiger partial charge in [-0.1, -0.05) is 154 Å². The van der Waals surface area contributed by atoms with Gasteiger partial charge in [0.15, 0.2) is 6.10 Å². The van der Waals surface area contributed by atoms with E-state index < -0.39 is 26.5 Å². The van der Waals surface area contributed by atoms with Gasteiger partial charge in [-0.3, -0.25) is 18.6 Å². The molecule has 0 heterocycles. The lowest BCUT2D eigenvalue weighted by Crippen LogP contribution is -2.29. The number of allylic oxidation sites excluding steroid dienone is 4. The van der Waals surface area contributed by atoms with Gasteiger partial charge in [0.05, 0.1) is 13.2 Å². The van der Waals surface area contributed by atoms with Crippen LogP contribution in [0.5, 0.6) is 0 Å². The summed E-state index contributed by atoms with van der Waals surface area (Å²) in [4.78, 5) is 34.8. The zero-order chi connectivity index (χ0) is 38.9. The molecule has 2 atom stereocenters. The number of nitrogens with two attached hydrogens (primary N) is 1. The van der Waals surface area contributed by atoms with Gasteiger partial charge in [-0.2, -0.15) is 0 Å². The molecule has 2 unspecified atom stereocenters. The SMILES string of the molecule is CCCCCCC/C=C\CCCCCCCC(=O)OCC(COP(=O)(O)OCCN)OC(=O)CCCCCCCCC/C=C\CCCCCCCCC. The Bertz CT molecular complexity index is 928. The predicted octanol–water partition coefficient (Wildman–Crippen LogP) is 12.4. The number of unbranched alkanes of at least 4 members (excludes halogenated alkanes) is 24. The maximum atomic E-state index is 12.6. The smallest absolute Gasteiger partial charge is 0.462 e. The zero-order valence-corrected chi connectivity index (χ0v) is 35.2. The summed E-state index contributed by atoms with van der Waals surface area (Å²) in [6.45, 7) is 3.72. The van der Waals surface area contributed by atoms with E-state index in [0.717, 1.165) is 64.2 Å². The molecule has 0 saturated heterocycles. The van der Waals surface area contributed by atoms with Gasteiger partial charge in [0.1, 0.15) is 6.61 Å². The summed E-state index contributed by atoms with van der Waals surface area (Å²) in [6.07, 6.45) is 42.0. The van der Waals surface area contributed by atoms with Crippen LogP contribution < -0.4 is 5.73 Å². The number of phosphoric acid groups is 1. The monoisotopic (exact) mass is 772 g/mol. The molecule has 10 heteroatoms. The van der Waals surface area contributed by atoms with Crippen LogP contribution in [0.4, 0.5) is 0 Å². The molecular formula is C43H82NO8P. The molecule has 0 aliphatic heterocycles. The van der Waals surface area contributed by atoms with Crippen molar-refractivity contribution in [1.29, 1.82) is 0 Å². The molecule has 9 nitrogen and oxygen atoms in total. The van der Waals surface area contributed by atoms with E-state index in [4.69, 9.17) is 24.3 Å². The molecule has 0 aromatic heterocycles. The molecule has 0 bridgehead atoms. The van der Waals surface area contributed by atoms with E-state index >= 15 is 0 Å². The molecule has 0 saturated carbocycles. The molecule has 0 aromatic carbocycles. The lowest BCUT2D eigenvalue weighted by atomic mass is 10.1. The van der Waals surface area contributed by atoms with Crippen molar-refractivity contribution in [2.75, 3.05) is 26.4 Å². The molecule has 0 aliphatic carbocycles. The van der Waals surface area contributed by atoms with Crippen LogP contribution in [0.1, 0.15) is 206 Å². The van der Waals surface area contributed by atoms with Gasteiger partial charge in [0.25, 0.3) is 0 Å². The summed E-state index contributed by atoms with van der Waals surface area (Å²) in [7, 11) is -4.38. The fourth-order valence-electron chi connectivity index (χ4n) is 6.04. The molecule has 0 spiro atoms. The Morgan fingerprint density at radius 2 is 0.925 bits per heavy atom. The van der Waals surface area contributed by atoms with E-state index in [1.807, 2.05) is 0 Å². The fourth-order valence-corrected chi connectivity index (χ4v) is 6.80. The van der Waals surface area contributed by atoms with E-state index in [0.29, 0.717) is 6.42 Å². The van der Waals surface area contributed by atoms with Crippen molar-refractivity contribution in [2.45, 2.75) is 213 Å². The first-order chi connectivity index (χ1) is 25.8. The summed E-state index contributed by atoms with van der Waals surface area (Å²) in [6, 6.07) is 0. The van der Waals surface area contributed by atoms with Gasteiger partial charge >= 0.3 is 19.8 Å². The lowest BCUT2D eigenvalue weighted by Gasteiger charge is -2.19. The normalized spacial score (nSPS) is 13.5. The van der Waals surface area contributed by atoms with Gasteiger partial charge in [-0.15, -0.1) is 0 Å². The minimum absolute atomic E-state index is 0.0526. The predicted molar refractivity (Wildman–Crippen MR) is 220 cm³/mol. The second-order valence-electron chi connectivity index (χ2n) is 14.6. The average molecular weight is 772 g/mol. The quantitative estimate of drug-likeness (QED) is 0.0269. The number of carbonyl (C=O) groups excluding carboxylic acids is 2. The Balaban J connectivity index is 4.15.